The number of hydrogen-bond donors (Lipinski definition) is 1. The Labute approximate surface area is 225 Å². The van der Waals surface area contributed by atoms with Crippen molar-refractivity contribution in [1.29, 1.82) is 0 Å². The first-order valence-electron chi connectivity index (χ1n) is 13.5. The number of benzene rings is 2. The predicted molar refractivity (Wildman–Crippen MR) is 152 cm³/mol. The number of piperidine rings is 1. The lowest BCUT2D eigenvalue weighted by atomic mass is 9.98. The van der Waals surface area contributed by atoms with Crippen molar-refractivity contribution in [2.75, 3.05) is 24.6 Å². The van der Waals surface area contributed by atoms with Crippen molar-refractivity contribution in [2.45, 2.75) is 39.9 Å². The molecule has 0 atom stereocenters. The van der Waals surface area contributed by atoms with Gasteiger partial charge in [0.2, 0.25) is 11.8 Å². The second-order valence-electron chi connectivity index (χ2n) is 9.07. The van der Waals surface area contributed by atoms with Gasteiger partial charge in [0.05, 0.1) is 0 Å². The standard InChI is InChI=1S/C30H31N3O3.C2H6/c34-20-23-14-17-33(18-15-23)28-19-26(13-16-31-28)27-11-12-29(35-21-24-7-3-1-4-8-24)32-30(27)36-22-25-9-5-2-6-10-25;1-2/h1-13,16,19,23,34H,14-15,17-18,20-22H2;1-2H3. The highest BCUT2D eigenvalue weighted by atomic mass is 16.5. The normalized spacial score (nSPS) is 13.4. The van der Waals surface area contributed by atoms with Gasteiger partial charge in [0.15, 0.2) is 0 Å². The molecular formula is C32H37N3O3. The summed E-state index contributed by atoms with van der Waals surface area (Å²) in [6.45, 7) is 6.89. The fourth-order valence-corrected chi connectivity index (χ4v) is 4.39. The molecule has 6 heteroatoms. The molecule has 0 amide bonds. The summed E-state index contributed by atoms with van der Waals surface area (Å²) >= 11 is 0. The molecule has 0 saturated carbocycles. The lowest BCUT2D eigenvalue weighted by Gasteiger charge is -2.32. The van der Waals surface area contributed by atoms with E-state index in [1.54, 1.807) is 0 Å². The number of nitrogens with zero attached hydrogens (tertiary/aromatic N) is 3. The molecule has 0 aliphatic carbocycles. The maximum Gasteiger partial charge on any atom is 0.225 e. The van der Waals surface area contributed by atoms with E-state index in [4.69, 9.17) is 14.5 Å². The minimum absolute atomic E-state index is 0.258. The topological polar surface area (TPSA) is 67.7 Å². The van der Waals surface area contributed by atoms with Gasteiger partial charge in [-0.1, -0.05) is 74.5 Å². The van der Waals surface area contributed by atoms with Crippen LogP contribution in [0.1, 0.15) is 37.8 Å². The molecule has 38 heavy (non-hydrogen) atoms. The molecular weight excluding hydrogens is 474 g/mol. The zero-order valence-corrected chi connectivity index (χ0v) is 22.3. The largest absolute Gasteiger partial charge is 0.473 e. The Morgan fingerprint density at radius 3 is 2.08 bits per heavy atom. The van der Waals surface area contributed by atoms with Crippen molar-refractivity contribution < 1.29 is 14.6 Å². The zero-order valence-electron chi connectivity index (χ0n) is 22.3. The van der Waals surface area contributed by atoms with Gasteiger partial charge < -0.3 is 19.5 Å². The summed E-state index contributed by atoms with van der Waals surface area (Å²) in [5, 5.41) is 9.46. The Hall–Kier alpha value is -3.90. The van der Waals surface area contributed by atoms with E-state index in [2.05, 4.69) is 16.0 Å². The van der Waals surface area contributed by atoms with Crippen LogP contribution in [-0.2, 0) is 13.2 Å². The number of ether oxygens (including phenoxy) is 2. The first-order chi connectivity index (χ1) is 18.8. The average Bonchev–Trinajstić information content (AvgIpc) is 3.01. The van der Waals surface area contributed by atoms with Gasteiger partial charge in [0, 0.05) is 37.5 Å². The molecule has 1 aliphatic rings. The highest BCUT2D eigenvalue weighted by Gasteiger charge is 2.20. The van der Waals surface area contributed by atoms with Crippen LogP contribution in [0.3, 0.4) is 0 Å². The van der Waals surface area contributed by atoms with E-state index in [9.17, 15) is 5.11 Å². The summed E-state index contributed by atoms with van der Waals surface area (Å²) in [6, 6.07) is 28.1. The number of aliphatic hydroxyl groups is 1. The van der Waals surface area contributed by atoms with Gasteiger partial charge in [-0.2, -0.15) is 4.98 Å². The summed E-state index contributed by atoms with van der Waals surface area (Å²) in [6.07, 6.45) is 3.79. The lowest BCUT2D eigenvalue weighted by Crippen LogP contribution is -2.35. The van der Waals surface area contributed by atoms with Crippen LogP contribution in [-0.4, -0.2) is 34.8 Å². The molecule has 5 rings (SSSR count). The molecule has 2 aromatic heterocycles. The summed E-state index contributed by atoms with van der Waals surface area (Å²) in [5.74, 6) is 2.36. The van der Waals surface area contributed by atoms with Gasteiger partial charge in [-0.3, -0.25) is 0 Å². The van der Waals surface area contributed by atoms with Crippen molar-refractivity contribution in [3.05, 3.63) is 102 Å². The minimum Gasteiger partial charge on any atom is -0.473 e. The van der Waals surface area contributed by atoms with Crippen molar-refractivity contribution >= 4 is 5.82 Å². The van der Waals surface area contributed by atoms with E-state index >= 15 is 0 Å². The van der Waals surface area contributed by atoms with E-state index in [1.165, 1.54) is 0 Å². The maximum absolute atomic E-state index is 9.46. The third kappa shape index (κ3) is 7.33. The molecule has 0 unspecified atom stereocenters. The second-order valence-corrected chi connectivity index (χ2v) is 9.07. The Bertz CT molecular complexity index is 1240. The van der Waals surface area contributed by atoms with Crippen molar-refractivity contribution in [3.8, 4) is 22.9 Å². The average molecular weight is 512 g/mol. The number of aromatic nitrogens is 2. The smallest absolute Gasteiger partial charge is 0.225 e. The van der Waals surface area contributed by atoms with Gasteiger partial charge in [0.25, 0.3) is 0 Å². The van der Waals surface area contributed by atoms with Crippen LogP contribution < -0.4 is 14.4 Å². The number of hydrogen-bond acceptors (Lipinski definition) is 6. The van der Waals surface area contributed by atoms with E-state index in [0.717, 1.165) is 54.0 Å². The molecule has 1 saturated heterocycles. The van der Waals surface area contributed by atoms with Crippen molar-refractivity contribution in [1.82, 2.24) is 9.97 Å². The summed E-state index contributed by atoms with van der Waals surface area (Å²) < 4.78 is 12.2. The van der Waals surface area contributed by atoms with E-state index in [-0.39, 0.29) is 6.61 Å². The summed E-state index contributed by atoms with van der Waals surface area (Å²) in [7, 11) is 0. The third-order valence-corrected chi connectivity index (χ3v) is 6.54. The second kappa shape index (κ2) is 14.1. The molecule has 1 aliphatic heterocycles. The number of aliphatic hydroxyl groups excluding tert-OH is 1. The van der Waals surface area contributed by atoms with Crippen LogP contribution in [0.15, 0.2) is 91.1 Å². The quantitative estimate of drug-likeness (QED) is 0.275. The Kier molecular flexibility index (Phi) is 10.1. The molecule has 1 fully saturated rings. The summed E-state index contributed by atoms with van der Waals surface area (Å²) in [4.78, 5) is 11.6. The molecule has 3 heterocycles. The Balaban J connectivity index is 0.00000164. The number of anilines is 1. The fourth-order valence-electron chi connectivity index (χ4n) is 4.39. The Morgan fingerprint density at radius 2 is 1.45 bits per heavy atom. The molecule has 0 bridgehead atoms. The molecule has 4 aromatic rings. The van der Waals surface area contributed by atoms with Crippen LogP contribution in [0.5, 0.6) is 11.8 Å². The third-order valence-electron chi connectivity index (χ3n) is 6.54. The predicted octanol–water partition coefficient (Wildman–Crippen LogP) is 6.54. The van der Waals surface area contributed by atoms with Crippen LogP contribution in [0.2, 0.25) is 0 Å². The lowest BCUT2D eigenvalue weighted by molar-refractivity contribution is 0.203. The first kappa shape index (κ1) is 27.1. The number of rotatable bonds is 9. The van der Waals surface area contributed by atoms with Gasteiger partial charge in [-0.25, -0.2) is 4.98 Å². The van der Waals surface area contributed by atoms with Crippen LogP contribution in [0, 0.1) is 5.92 Å². The molecule has 0 radical (unpaired) electrons. The van der Waals surface area contributed by atoms with Gasteiger partial charge in [-0.05, 0) is 53.6 Å². The van der Waals surface area contributed by atoms with E-state index in [0.29, 0.717) is 30.9 Å². The first-order valence-corrected chi connectivity index (χ1v) is 13.5. The highest BCUT2D eigenvalue weighted by Crippen LogP contribution is 2.33. The monoisotopic (exact) mass is 511 g/mol. The van der Waals surface area contributed by atoms with Crippen molar-refractivity contribution in [2.24, 2.45) is 5.92 Å². The van der Waals surface area contributed by atoms with E-state index < -0.39 is 0 Å². The van der Waals surface area contributed by atoms with Crippen LogP contribution in [0.4, 0.5) is 5.82 Å². The highest BCUT2D eigenvalue weighted by molar-refractivity contribution is 5.71. The Morgan fingerprint density at radius 1 is 0.816 bits per heavy atom. The van der Waals surface area contributed by atoms with Crippen molar-refractivity contribution in [3.63, 3.8) is 0 Å². The molecule has 0 spiro atoms. The molecule has 2 aromatic carbocycles. The van der Waals surface area contributed by atoms with Gasteiger partial charge in [0.1, 0.15) is 19.0 Å². The van der Waals surface area contributed by atoms with Crippen LogP contribution in [0.25, 0.3) is 11.1 Å². The van der Waals surface area contributed by atoms with E-state index in [1.807, 2.05) is 98.9 Å². The molecule has 6 nitrogen and oxygen atoms in total. The zero-order chi connectivity index (χ0) is 26.6. The molecule has 1 N–H and O–H groups in total. The van der Waals surface area contributed by atoms with Gasteiger partial charge in [-0.15, -0.1) is 0 Å². The van der Waals surface area contributed by atoms with Crippen LogP contribution >= 0.6 is 0 Å². The van der Waals surface area contributed by atoms with Gasteiger partial charge >= 0.3 is 0 Å². The number of pyridine rings is 2. The maximum atomic E-state index is 9.46. The SMILES string of the molecule is CC.OCC1CCN(c2cc(-c3ccc(OCc4ccccc4)nc3OCc3ccccc3)ccn2)CC1. The minimum atomic E-state index is 0.258. The fraction of sp³-hybridized carbons (Fsp3) is 0.312. The molecule has 198 valence electrons. The summed E-state index contributed by atoms with van der Waals surface area (Å²) in [5.41, 5.74) is 4.04.